The van der Waals surface area contributed by atoms with Gasteiger partial charge in [0, 0.05) is 25.5 Å². The molecule has 1 aromatic rings. The summed E-state index contributed by atoms with van der Waals surface area (Å²) < 4.78 is 7.36. The van der Waals surface area contributed by atoms with Gasteiger partial charge in [-0.05, 0) is 20.8 Å². The zero-order valence-corrected chi connectivity index (χ0v) is 10.6. The summed E-state index contributed by atoms with van der Waals surface area (Å²) in [6.45, 7) is 7.21. The van der Waals surface area contributed by atoms with E-state index in [0.717, 1.165) is 13.1 Å². The fourth-order valence-corrected chi connectivity index (χ4v) is 2.00. The Morgan fingerprint density at radius 2 is 2.24 bits per heavy atom. The number of aromatic nitrogens is 2. The molecular weight excluding hydrogens is 218 g/mol. The lowest BCUT2D eigenvalue weighted by Crippen LogP contribution is -2.61. The first kappa shape index (κ1) is 12.1. The Hall–Kier alpha value is -1.36. The second kappa shape index (κ2) is 4.14. The predicted molar refractivity (Wildman–Crippen MR) is 63.5 cm³/mol. The van der Waals surface area contributed by atoms with Crippen LogP contribution in [0.4, 0.5) is 0 Å². The van der Waals surface area contributed by atoms with Gasteiger partial charge in [0.15, 0.2) is 0 Å². The number of ether oxygens (including phenoxy) is 1. The lowest BCUT2D eigenvalue weighted by molar-refractivity contribution is -0.158. The molecule has 0 aliphatic carbocycles. The van der Waals surface area contributed by atoms with Gasteiger partial charge in [0.05, 0.1) is 18.3 Å². The quantitative estimate of drug-likeness (QED) is 0.794. The van der Waals surface area contributed by atoms with Crippen molar-refractivity contribution >= 4 is 5.97 Å². The van der Waals surface area contributed by atoms with Gasteiger partial charge in [0.1, 0.15) is 5.60 Å². The number of rotatable bonds is 3. The Balaban J connectivity index is 2.04. The van der Waals surface area contributed by atoms with Gasteiger partial charge >= 0.3 is 5.97 Å². The number of nitrogens with one attached hydrogen (secondary N) is 1. The molecule has 5 nitrogen and oxygen atoms in total. The summed E-state index contributed by atoms with van der Waals surface area (Å²) >= 11 is 0. The van der Waals surface area contributed by atoms with Crippen molar-refractivity contribution in [2.24, 2.45) is 0 Å². The van der Waals surface area contributed by atoms with Gasteiger partial charge in [-0.3, -0.25) is 4.79 Å². The predicted octanol–water partition coefficient (Wildman–Crippen LogP) is 0.913. The summed E-state index contributed by atoms with van der Waals surface area (Å²) in [7, 11) is 0. The first-order valence-electron chi connectivity index (χ1n) is 5.82. The van der Waals surface area contributed by atoms with E-state index in [1.807, 2.05) is 31.5 Å². The fraction of sp³-hybridized carbons (Fsp3) is 0.667. The number of carbonyl (C=O) groups excluding carboxylic acids is 1. The second-order valence-corrected chi connectivity index (χ2v) is 5.56. The molecule has 0 unspecified atom stereocenters. The molecule has 94 valence electrons. The van der Waals surface area contributed by atoms with E-state index in [1.165, 1.54) is 0 Å². The molecule has 1 N–H and O–H groups in total. The van der Waals surface area contributed by atoms with Crippen LogP contribution >= 0.6 is 0 Å². The standard InChI is InChI=1S/C12H19N3O2/c1-11(2,3)17-10(16)6-12(7-14-8-12)15-5-4-13-9-15/h4-5,9,14H,6-8H2,1-3H3. The van der Waals surface area contributed by atoms with Crippen LogP contribution in [0.2, 0.25) is 0 Å². The Kier molecular flexibility index (Phi) is 2.95. The number of imidazole rings is 1. The molecule has 0 atom stereocenters. The highest BCUT2D eigenvalue weighted by Crippen LogP contribution is 2.27. The van der Waals surface area contributed by atoms with E-state index in [-0.39, 0.29) is 11.5 Å². The number of hydrogen-bond donors (Lipinski definition) is 1. The minimum absolute atomic E-state index is 0.160. The summed E-state index contributed by atoms with van der Waals surface area (Å²) in [5.74, 6) is -0.160. The number of carbonyl (C=O) groups is 1. The molecule has 2 rings (SSSR count). The number of esters is 1. The smallest absolute Gasteiger partial charge is 0.308 e. The monoisotopic (exact) mass is 237 g/mol. The zero-order chi connectivity index (χ0) is 12.5. The van der Waals surface area contributed by atoms with Crippen LogP contribution < -0.4 is 5.32 Å². The van der Waals surface area contributed by atoms with Gasteiger partial charge in [-0.15, -0.1) is 0 Å². The van der Waals surface area contributed by atoms with Crippen LogP contribution in [0.1, 0.15) is 27.2 Å². The molecule has 17 heavy (non-hydrogen) atoms. The van der Waals surface area contributed by atoms with E-state index < -0.39 is 5.60 Å². The minimum Gasteiger partial charge on any atom is -0.460 e. The molecule has 1 fully saturated rings. The third-order valence-electron chi connectivity index (χ3n) is 2.85. The van der Waals surface area contributed by atoms with Gasteiger partial charge in [0.25, 0.3) is 0 Å². The largest absolute Gasteiger partial charge is 0.460 e. The molecule has 0 amide bonds. The van der Waals surface area contributed by atoms with E-state index in [2.05, 4.69) is 10.3 Å². The highest BCUT2D eigenvalue weighted by Gasteiger charge is 2.41. The van der Waals surface area contributed by atoms with Crippen molar-refractivity contribution in [1.82, 2.24) is 14.9 Å². The van der Waals surface area contributed by atoms with Crippen molar-refractivity contribution < 1.29 is 9.53 Å². The lowest BCUT2D eigenvalue weighted by atomic mass is 9.88. The Morgan fingerprint density at radius 3 is 2.65 bits per heavy atom. The highest BCUT2D eigenvalue weighted by molar-refractivity contribution is 5.71. The second-order valence-electron chi connectivity index (χ2n) is 5.56. The van der Waals surface area contributed by atoms with Gasteiger partial charge in [0.2, 0.25) is 0 Å². The van der Waals surface area contributed by atoms with E-state index in [0.29, 0.717) is 6.42 Å². The highest BCUT2D eigenvalue weighted by atomic mass is 16.6. The van der Waals surface area contributed by atoms with Crippen LogP contribution in [0.5, 0.6) is 0 Å². The average molecular weight is 237 g/mol. The first-order chi connectivity index (χ1) is 7.91. The lowest BCUT2D eigenvalue weighted by Gasteiger charge is -2.43. The first-order valence-corrected chi connectivity index (χ1v) is 5.82. The van der Waals surface area contributed by atoms with E-state index in [4.69, 9.17) is 4.74 Å². The van der Waals surface area contributed by atoms with Crippen molar-refractivity contribution in [3.8, 4) is 0 Å². The third kappa shape index (κ3) is 2.66. The van der Waals surface area contributed by atoms with Crippen molar-refractivity contribution in [2.45, 2.75) is 38.3 Å². The molecule has 0 spiro atoms. The fourth-order valence-electron chi connectivity index (χ4n) is 2.00. The minimum atomic E-state index is -0.426. The van der Waals surface area contributed by atoms with E-state index >= 15 is 0 Å². The molecule has 0 aromatic carbocycles. The van der Waals surface area contributed by atoms with Crippen molar-refractivity contribution in [3.05, 3.63) is 18.7 Å². The van der Waals surface area contributed by atoms with Crippen molar-refractivity contribution in [3.63, 3.8) is 0 Å². The number of nitrogens with zero attached hydrogens (tertiary/aromatic N) is 2. The summed E-state index contributed by atoms with van der Waals surface area (Å²) in [6.07, 6.45) is 5.76. The molecular formula is C12H19N3O2. The molecule has 0 saturated carbocycles. The maximum Gasteiger partial charge on any atom is 0.308 e. The van der Waals surface area contributed by atoms with Crippen molar-refractivity contribution in [2.75, 3.05) is 13.1 Å². The van der Waals surface area contributed by atoms with E-state index in [9.17, 15) is 4.79 Å². The van der Waals surface area contributed by atoms with Gasteiger partial charge in [-0.2, -0.15) is 0 Å². The van der Waals surface area contributed by atoms with Gasteiger partial charge in [-0.25, -0.2) is 4.98 Å². The number of hydrogen-bond acceptors (Lipinski definition) is 4. The normalized spacial score (nSPS) is 18.5. The summed E-state index contributed by atoms with van der Waals surface area (Å²) in [6, 6.07) is 0. The topological polar surface area (TPSA) is 56.2 Å². The Bertz CT molecular complexity index is 388. The SMILES string of the molecule is CC(C)(C)OC(=O)CC1(n2ccnc2)CNC1. The van der Waals surface area contributed by atoms with Crippen LogP contribution in [0.25, 0.3) is 0 Å². The van der Waals surface area contributed by atoms with Crippen LogP contribution in [0.15, 0.2) is 18.7 Å². The average Bonchev–Trinajstić information content (AvgIpc) is 2.60. The Morgan fingerprint density at radius 1 is 1.53 bits per heavy atom. The van der Waals surface area contributed by atoms with Crippen LogP contribution in [-0.2, 0) is 15.1 Å². The Labute approximate surface area is 101 Å². The summed E-state index contributed by atoms with van der Waals surface area (Å²) in [5.41, 5.74) is -0.622. The van der Waals surface area contributed by atoms with Crippen LogP contribution in [-0.4, -0.2) is 34.2 Å². The third-order valence-corrected chi connectivity index (χ3v) is 2.85. The zero-order valence-electron chi connectivity index (χ0n) is 10.6. The van der Waals surface area contributed by atoms with Gasteiger partial charge in [-0.1, -0.05) is 0 Å². The molecule has 1 aliphatic rings. The van der Waals surface area contributed by atoms with Crippen LogP contribution in [0, 0.1) is 0 Å². The molecule has 0 radical (unpaired) electrons. The summed E-state index contributed by atoms with van der Waals surface area (Å²) in [4.78, 5) is 15.9. The molecule has 5 heteroatoms. The maximum absolute atomic E-state index is 11.9. The molecule has 1 aliphatic heterocycles. The van der Waals surface area contributed by atoms with Gasteiger partial charge < -0.3 is 14.6 Å². The molecule has 1 aromatic heterocycles. The van der Waals surface area contributed by atoms with Crippen molar-refractivity contribution in [1.29, 1.82) is 0 Å². The van der Waals surface area contributed by atoms with E-state index in [1.54, 1.807) is 12.5 Å². The molecule has 0 bridgehead atoms. The maximum atomic E-state index is 11.9. The summed E-state index contributed by atoms with van der Waals surface area (Å²) in [5, 5.41) is 3.20. The van der Waals surface area contributed by atoms with Crippen LogP contribution in [0.3, 0.4) is 0 Å². The molecule has 2 heterocycles. The molecule has 1 saturated heterocycles.